The molecule has 0 saturated carbocycles. The maximum Gasteiger partial charge on any atom is 0.396 e. The molecule has 1 rings (SSSR count). The van der Waals surface area contributed by atoms with Crippen LogP contribution >= 0.6 is 23.2 Å². The fourth-order valence-electron chi connectivity index (χ4n) is 1.18. The number of alkyl halides is 3. The highest BCUT2D eigenvalue weighted by atomic mass is 35.5. The zero-order valence-corrected chi connectivity index (χ0v) is 10.1. The summed E-state index contributed by atoms with van der Waals surface area (Å²) in [5, 5.41) is -0.0945. The number of hydrogen-bond acceptors (Lipinski definition) is 2. The topological polar surface area (TPSA) is 26.3 Å². The zero-order valence-electron chi connectivity index (χ0n) is 8.57. The summed E-state index contributed by atoms with van der Waals surface area (Å²) in [6.07, 6.45) is -6.15. The van der Waals surface area contributed by atoms with Crippen molar-refractivity contribution in [3.63, 3.8) is 0 Å². The lowest BCUT2D eigenvalue weighted by atomic mass is 10.1. The molecule has 0 bridgehead atoms. The number of benzene rings is 1. The Hall–Kier alpha value is -0.940. The van der Waals surface area contributed by atoms with Crippen LogP contribution in [0.5, 0.6) is 5.75 Å². The number of ether oxygens (including phenoxy) is 1. The van der Waals surface area contributed by atoms with Crippen LogP contribution in [0.25, 0.3) is 0 Å². The van der Waals surface area contributed by atoms with Crippen LogP contribution in [0.2, 0.25) is 10.0 Å². The summed E-state index contributed by atoms with van der Waals surface area (Å²) in [4.78, 5) is 11.3. The second kappa shape index (κ2) is 5.14. The number of halogens is 5. The summed E-state index contributed by atoms with van der Waals surface area (Å²) in [5.41, 5.74) is -0.269. The van der Waals surface area contributed by atoms with Gasteiger partial charge in [-0.2, -0.15) is 13.2 Å². The van der Waals surface area contributed by atoms with Gasteiger partial charge in [0, 0.05) is 11.6 Å². The Balaban J connectivity index is 3.07. The van der Waals surface area contributed by atoms with Gasteiger partial charge < -0.3 is 4.74 Å². The summed E-state index contributed by atoms with van der Waals surface area (Å²) in [7, 11) is 1.33. The molecule has 0 radical (unpaired) electrons. The minimum Gasteiger partial charge on any atom is -0.495 e. The summed E-state index contributed by atoms with van der Waals surface area (Å²) in [6, 6.07) is 2.27. The van der Waals surface area contributed by atoms with Crippen LogP contribution in [0.3, 0.4) is 0 Å². The Kier molecular flexibility index (Phi) is 4.27. The van der Waals surface area contributed by atoms with E-state index in [0.717, 1.165) is 6.07 Å². The number of methoxy groups -OCH3 is 1. The van der Waals surface area contributed by atoms with E-state index in [1.165, 1.54) is 13.2 Å². The van der Waals surface area contributed by atoms with Gasteiger partial charge in [-0.05, 0) is 6.07 Å². The lowest BCUT2D eigenvalue weighted by Crippen LogP contribution is -2.15. The third-order valence-electron chi connectivity index (χ3n) is 1.90. The van der Waals surface area contributed by atoms with Gasteiger partial charge in [0.2, 0.25) is 0 Å². The summed E-state index contributed by atoms with van der Waals surface area (Å²) in [6.45, 7) is 0. The summed E-state index contributed by atoms with van der Waals surface area (Å²) < 4.78 is 41.0. The minimum absolute atomic E-state index is 0.0300. The molecular weight excluding hydrogens is 280 g/mol. The van der Waals surface area contributed by atoms with Crippen LogP contribution < -0.4 is 4.74 Å². The Labute approximate surface area is 105 Å². The predicted octanol–water partition coefficient (Wildman–Crippen LogP) is 4.14. The van der Waals surface area contributed by atoms with Gasteiger partial charge in [0.25, 0.3) is 0 Å². The number of carbonyl (C=O) groups excluding carboxylic acids is 1. The van der Waals surface area contributed by atoms with Crippen molar-refractivity contribution in [2.24, 2.45) is 0 Å². The fourth-order valence-corrected chi connectivity index (χ4v) is 1.68. The van der Waals surface area contributed by atoms with Crippen LogP contribution in [0.4, 0.5) is 13.2 Å². The molecule has 7 heteroatoms. The normalized spacial score (nSPS) is 11.4. The van der Waals surface area contributed by atoms with Crippen molar-refractivity contribution in [2.75, 3.05) is 7.11 Å². The molecule has 0 aliphatic carbocycles. The predicted molar refractivity (Wildman–Crippen MR) is 58.0 cm³/mol. The first-order chi connectivity index (χ1) is 7.74. The zero-order chi connectivity index (χ0) is 13.2. The molecule has 1 aromatic rings. The van der Waals surface area contributed by atoms with Gasteiger partial charge in [0.15, 0.2) is 5.78 Å². The average Bonchev–Trinajstić information content (AvgIpc) is 2.18. The lowest BCUT2D eigenvalue weighted by molar-refractivity contribution is -0.125. The molecule has 0 N–H and O–H groups in total. The monoisotopic (exact) mass is 286 g/mol. The van der Waals surface area contributed by atoms with E-state index in [2.05, 4.69) is 0 Å². The molecule has 0 spiro atoms. The Morgan fingerprint density at radius 2 is 1.88 bits per heavy atom. The van der Waals surface area contributed by atoms with Gasteiger partial charge in [-0.25, -0.2) is 0 Å². The molecule has 0 heterocycles. The number of carbonyl (C=O) groups is 1. The van der Waals surface area contributed by atoms with Crippen molar-refractivity contribution < 1.29 is 22.7 Å². The Morgan fingerprint density at radius 3 is 2.35 bits per heavy atom. The third-order valence-corrected chi connectivity index (χ3v) is 2.51. The highest BCUT2D eigenvalue weighted by Crippen LogP contribution is 2.33. The second-order valence-electron chi connectivity index (χ2n) is 3.18. The molecule has 0 aromatic heterocycles. The van der Waals surface area contributed by atoms with Crippen molar-refractivity contribution in [3.8, 4) is 5.75 Å². The Bertz CT molecular complexity index is 444. The lowest BCUT2D eigenvalue weighted by Gasteiger charge is -2.09. The molecule has 0 fully saturated rings. The molecule has 0 unspecified atom stereocenters. The standard InChI is InChI=1S/C10H7Cl2F3O2/c1-17-9-3-6(11)5(2-7(9)12)8(16)4-10(13,14)15/h2-3H,4H2,1H3. The van der Waals surface area contributed by atoms with E-state index < -0.39 is 18.4 Å². The van der Waals surface area contributed by atoms with E-state index >= 15 is 0 Å². The van der Waals surface area contributed by atoms with Gasteiger partial charge in [0.05, 0.1) is 17.2 Å². The van der Waals surface area contributed by atoms with Gasteiger partial charge in [-0.1, -0.05) is 23.2 Å². The van der Waals surface area contributed by atoms with Crippen molar-refractivity contribution in [2.45, 2.75) is 12.6 Å². The highest BCUT2D eigenvalue weighted by Gasteiger charge is 2.32. The Morgan fingerprint density at radius 1 is 1.29 bits per heavy atom. The molecule has 1 aromatic carbocycles. The van der Waals surface area contributed by atoms with E-state index in [4.69, 9.17) is 27.9 Å². The number of ketones is 1. The minimum atomic E-state index is -4.58. The highest BCUT2D eigenvalue weighted by molar-refractivity contribution is 6.36. The number of rotatable bonds is 3. The summed E-state index contributed by atoms with van der Waals surface area (Å²) in [5.74, 6) is -0.938. The van der Waals surface area contributed by atoms with E-state index in [9.17, 15) is 18.0 Å². The number of hydrogen-bond donors (Lipinski definition) is 0. The third kappa shape index (κ3) is 3.78. The first kappa shape index (κ1) is 14.1. The fraction of sp³-hybridized carbons (Fsp3) is 0.300. The van der Waals surface area contributed by atoms with E-state index in [1.54, 1.807) is 0 Å². The van der Waals surface area contributed by atoms with Crippen LogP contribution in [-0.2, 0) is 0 Å². The molecule has 0 atom stereocenters. The first-order valence-corrected chi connectivity index (χ1v) is 5.13. The van der Waals surface area contributed by atoms with Crippen molar-refractivity contribution >= 4 is 29.0 Å². The molecule has 0 aliphatic rings. The van der Waals surface area contributed by atoms with Gasteiger partial charge in [0.1, 0.15) is 12.2 Å². The average molecular weight is 287 g/mol. The molecule has 17 heavy (non-hydrogen) atoms. The van der Waals surface area contributed by atoms with Crippen LogP contribution in [-0.4, -0.2) is 19.1 Å². The van der Waals surface area contributed by atoms with Crippen molar-refractivity contribution in [3.05, 3.63) is 27.7 Å². The molecule has 0 aliphatic heterocycles. The van der Waals surface area contributed by atoms with Crippen LogP contribution in [0.15, 0.2) is 12.1 Å². The van der Waals surface area contributed by atoms with Crippen molar-refractivity contribution in [1.82, 2.24) is 0 Å². The maximum atomic E-state index is 12.0. The smallest absolute Gasteiger partial charge is 0.396 e. The molecule has 0 amide bonds. The van der Waals surface area contributed by atoms with E-state index in [-0.39, 0.29) is 21.4 Å². The maximum absolute atomic E-state index is 12.0. The first-order valence-electron chi connectivity index (χ1n) is 4.37. The van der Waals surface area contributed by atoms with E-state index in [0.29, 0.717) is 0 Å². The van der Waals surface area contributed by atoms with Crippen molar-refractivity contribution in [1.29, 1.82) is 0 Å². The molecule has 2 nitrogen and oxygen atoms in total. The molecular formula is C10H7Cl2F3O2. The van der Waals surface area contributed by atoms with Gasteiger partial charge in [-0.15, -0.1) is 0 Å². The second-order valence-corrected chi connectivity index (χ2v) is 4.00. The quantitative estimate of drug-likeness (QED) is 0.781. The SMILES string of the molecule is COc1cc(Cl)c(C(=O)CC(F)(F)F)cc1Cl. The van der Waals surface area contributed by atoms with Gasteiger partial charge >= 0.3 is 6.18 Å². The van der Waals surface area contributed by atoms with E-state index in [1.807, 2.05) is 0 Å². The summed E-state index contributed by atoms with van der Waals surface area (Å²) >= 11 is 11.4. The molecule has 0 saturated heterocycles. The molecule has 94 valence electrons. The van der Waals surface area contributed by atoms with Crippen LogP contribution in [0.1, 0.15) is 16.8 Å². The largest absolute Gasteiger partial charge is 0.495 e. The number of Topliss-reactive ketones (excluding diaryl/α,β-unsaturated/α-hetero) is 1. The van der Waals surface area contributed by atoms with Crippen LogP contribution in [0, 0.1) is 0 Å². The van der Waals surface area contributed by atoms with Gasteiger partial charge in [-0.3, -0.25) is 4.79 Å².